The Morgan fingerprint density at radius 3 is 2.47 bits per heavy atom. The van der Waals surface area contributed by atoms with Gasteiger partial charge in [0, 0.05) is 24.8 Å². The van der Waals surface area contributed by atoms with E-state index < -0.39 is 0 Å². The molecule has 1 N–H and O–H groups in total. The van der Waals surface area contributed by atoms with E-state index in [4.69, 9.17) is 5.26 Å². The molecule has 0 aliphatic carbocycles. The van der Waals surface area contributed by atoms with Crippen molar-refractivity contribution in [1.82, 2.24) is 4.90 Å². The average molecular weight is 229 g/mol. The molecule has 17 heavy (non-hydrogen) atoms. The fourth-order valence-electron chi connectivity index (χ4n) is 2.27. The van der Waals surface area contributed by atoms with Crippen molar-refractivity contribution in [3.05, 3.63) is 29.8 Å². The third-order valence-electron chi connectivity index (χ3n) is 3.42. The Morgan fingerprint density at radius 1 is 1.29 bits per heavy atom. The standard InChI is InChI=1S/C14H19N3/c1-2-17-9-7-14(8-10-17)16-13-5-3-12(11-15)4-6-13/h3-6,14,16H,2,7-10H2,1H3. The zero-order valence-electron chi connectivity index (χ0n) is 10.3. The molecule has 0 atom stereocenters. The van der Waals surface area contributed by atoms with Gasteiger partial charge >= 0.3 is 0 Å². The molecule has 1 aliphatic heterocycles. The van der Waals surface area contributed by atoms with Crippen LogP contribution < -0.4 is 5.32 Å². The zero-order chi connectivity index (χ0) is 12.1. The van der Waals surface area contributed by atoms with Crippen molar-refractivity contribution in [2.45, 2.75) is 25.8 Å². The number of hydrogen-bond acceptors (Lipinski definition) is 3. The molecule has 0 spiro atoms. The molecule has 1 fully saturated rings. The lowest BCUT2D eigenvalue weighted by molar-refractivity contribution is 0.229. The molecule has 0 amide bonds. The summed E-state index contributed by atoms with van der Waals surface area (Å²) in [6.45, 7) is 5.74. The second-order valence-corrected chi connectivity index (χ2v) is 4.54. The van der Waals surface area contributed by atoms with Crippen molar-refractivity contribution in [1.29, 1.82) is 5.26 Å². The van der Waals surface area contributed by atoms with Crippen LogP contribution in [0.25, 0.3) is 0 Å². The maximum absolute atomic E-state index is 8.73. The number of nitriles is 1. The van der Waals surface area contributed by atoms with E-state index in [0.717, 1.165) is 17.8 Å². The summed E-state index contributed by atoms with van der Waals surface area (Å²) in [5, 5.41) is 12.3. The highest BCUT2D eigenvalue weighted by Crippen LogP contribution is 2.16. The Labute approximate surface area is 103 Å². The van der Waals surface area contributed by atoms with Gasteiger partial charge in [-0.05, 0) is 43.7 Å². The van der Waals surface area contributed by atoms with Gasteiger partial charge in [-0.2, -0.15) is 5.26 Å². The summed E-state index contributed by atoms with van der Waals surface area (Å²) in [5.41, 5.74) is 1.84. The maximum atomic E-state index is 8.73. The molecule has 0 saturated carbocycles. The quantitative estimate of drug-likeness (QED) is 0.865. The van der Waals surface area contributed by atoms with Crippen LogP contribution in [0.5, 0.6) is 0 Å². The van der Waals surface area contributed by atoms with Crippen LogP contribution in [0.2, 0.25) is 0 Å². The van der Waals surface area contributed by atoms with Crippen LogP contribution >= 0.6 is 0 Å². The monoisotopic (exact) mass is 229 g/mol. The van der Waals surface area contributed by atoms with Gasteiger partial charge < -0.3 is 10.2 Å². The molecule has 0 aromatic heterocycles. The zero-order valence-corrected chi connectivity index (χ0v) is 10.3. The average Bonchev–Trinajstić information content (AvgIpc) is 2.40. The van der Waals surface area contributed by atoms with Gasteiger partial charge in [-0.15, -0.1) is 0 Å². The van der Waals surface area contributed by atoms with Crippen molar-refractivity contribution in [2.24, 2.45) is 0 Å². The van der Waals surface area contributed by atoms with Crippen LogP contribution in [0.3, 0.4) is 0 Å². The molecule has 0 unspecified atom stereocenters. The molecule has 1 aromatic carbocycles. The molecule has 3 nitrogen and oxygen atoms in total. The van der Waals surface area contributed by atoms with Crippen LogP contribution in [-0.4, -0.2) is 30.6 Å². The van der Waals surface area contributed by atoms with Gasteiger partial charge in [-0.1, -0.05) is 6.92 Å². The Morgan fingerprint density at radius 2 is 1.94 bits per heavy atom. The Hall–Kier alpha value is -1.53. The second kappa shape index (κ2) is 5.70. The first-order chi connectivity index (χ1) is 8.31. The minimum atomic E-state index is 0.575. The second-order valence-electron chi connectivity index (χ2n) is 4.54. The first-order valence-corrected chi connectivity index (χ1v) is 6.31. The minimum absolute atomic E-state index is 0.575. The molecule has 1 aliphatic rings. The number of hydrogen-bond donors (Lipinski definition) is 1. The van der Waals surface area contributed by atoms with E-state index in [1.807, 2.05) is 24.3 Å². The summed E-state index contributed by atoms with van der Waals surface area (Å²) in [7, 11) is 0. The summed E-state index contributed by atoms with van der Waals surface area (Å²) in [4.78, 5) is 2.48. The van der Waals surface area contributed by atoms with Crippen LogP contribution in [0.1, 0.15) is 25.3 Å². The summed E-state index contributed by atoms with van der Waals surface area (Å²) in [6, 6.07) is 10.4. The van der Waals surface area contributed by atoms with Gasteiger partial charge in [0.1, 0.15) is 0 Å². The van der Waals surface area contributed by atoms with Crippen molar-refractivity contribution >= 4 is 5.69 Å². The molecule has 0 bridgehead atoms. The molecule has 1 saturated heterocycles. The van der Waals surface area contributed by atoms with Crippen LogP contribution in [-0.2, 0) is 0 Å². The molecule has 1 aromatic rings. The Balaban J connectivity index is 1.87. The molecule has 3 heteroatoms. The molecular formula is C14H19N3. The summed E-state index contributed by atoms with van der Waals surface area (Å²) >= 11 is 0. The van der Waals surface area contributed by atoms with E-state index in [9.17, 15) is 0 Å². The molecule has 2 rings (SSSR count). The Kier molecular flexibility index (Phi) is 4.00. The van der Waals surface area contributed by atoms with Gasteiger partial charge in [0.25, 0.3) is 0 Å². The van der Waals surface area contributed by atoms with Crippen LogP contribution in [0.15, 0.2) is 24.3 Å². The molecule has 1 heterocycles. The number of anilines is 1. The highest BCUT2D eigenvalue weighted by Gasteiger charge is 2.17. The molecule has 90 valence electrons. The number of rotatable bonds is 3. The van der Waals surface area contributed by atoms with Crippen molar-refractivity contribution in [2.75, 3.05) is 25.0 Å². The van der Waals surface area contributed by atoms with E-state index in [-0.39, 0.29) is 0 Å². The molecule has 0 radical (unpaired) electrons. The Bertz CT molecular complexity index is 383. The summed E-state index contributed by atoms with van der Waals surface area (Å²) < 4.78 is 0. The van der Waals surface area contributed by atoms with E-state index in [1.54, 1.807) is 0 Å². The fourth-order valence-corrected chi connectivity index (χ4v) is 2.27. The lowest BCUT2D eigenvalue weighted by atomic mass is 10.0. The summed E-state index contributed by atoms with van der Waals surface area (Å²) in [6.07, 6.45) is 2.40. The van der Waals surface area contributed by atoms with Gasteiger partial charge in [-0.25, -0.2) is 0 Å². The normalized spacial score (nSPS) is 17.6. The van der Waals surface area contributed by atoms with Crippen molar-refractivity contribution in [3.63, 3.8) is 0 Å². The topological polar surface area (TPSA) is 39.1 Å². The number of piperidine rings is 1. The number of likely N-dealkylation sites (tertiary alicyclic amines) is 1. The van der Waals surface area contributed by atoms with Crippen LogP contribution in [0, 0.1) is 11.3 Å². The van der Waals surface area contributed by atoms with Crippen LogP contribution in [0.4, 0.5) is 5.69 Å². The van der Waals surface area contributed by atoms with E-state index >= 15 is 0 Å². The minimum Gasteiger partial charge on any atom is -0.382 e. The van der Waals surface area contributed by atoms with E-state index in [1.165, 1.54) is 25.9 Å². The third kappa shape index (κ3) is 3.21. The number of nitrogens with zero attached hydrogens (tertiary/aromatic N) is 2. The third-order valence-corrected chi connectivity index (χ3v) is 3.42. The summed E-state index contributed by atoms with van der Waals surface area (Å²) in [5.74, 6) is 0. The first kappa shape index (κ1) is 11.9. The van der Waals surface area contributed by atoms with Crippen molar-refractivity contribution < 1.29 is 0 Å². The maximum Gasteiger partial charge on any atom is 0.0991 e. The van der Waals surface area contributed by atoms with Gasteiger partial charge in [0.2, 0.25) is 0 Å². The predicted molar refractivity (Wildman–Crippen MR) is 69.9 cm³/mol. The highest BCUT2D eigenvalue weighted by molar-refractivity contribution is 5.47. The van der Waals surface area contributed by atoms with Gasteiger partial charge in [0.05, 0.1) is 11.6 Å². The van der Waals surface area contributed by atoms with E-state index in [0.29, 0.717) is 6.04 Å². The number of nitrogens with one attached hydrogen (secondary N) is 1. The first-order valence-electron chi connectivity index (χ1n) is 6.31. The lowest BCUT2D eigenvalue weighted by Gasteiger charge is -2.32. The van der Waals surface area contributed by atoms with Gasteiger partial charge in [-0.3, -0.25) is 0 Å². The predicted octanol–water partition coefficient (Wildman–Crippen LogP) is 2.45. The smallest absolute Gasteiger partial charge is 0.0991 e. The highest BCUT2D eigenvalue weighted by atomic mass is 15.1. The number of benzene rings is 1. The van der Waals surface area contributed by atoms with Crippen molar-refractivity contribution in [3.8, 4) is 6.07 Å². The van der Waals surface area contributed by atoms with Gasteiger partial charge in [0.15, 0.2) is 0 Å². The largest absolute Gasteiger partial charge is 0.382 e. The SMILES string of the molecule is CCN1CCC(Nc2ccc(C#N)cc2)CC1. The van der Waals surface area contributed by atoms with E-state index in [2.05, 4.69) is 23.2 Å². The fraction of sp³-hybridized carbons (Fsp3) is 0.500. The molecular weight excluding hydrogens is 210 g/mol. The lowest BCUT2D eigenvalue weighted by Crippen LogP contribution is -2.38.